The lowest BCUT2D eigenvalue weighted by Gasteiger charge is -2.23. The molecule has 1 saturated heterocycles. The second-order valence-electron chi connectivity index (χ2n) is 6.41. The van der Waals surface area contributed by atoms with Crippen LogP contribution in [0.4, 0.5) is 4.39 Å². The second-order valence-corrected chi connectivity index (χ2v) is 6.41. The average Bonchev–Trinajstić information content (AvgIpc) is 3.25. The minimum Gasteiger partial charge on any atom is -0.481 e. The molecular weight excluding hydrogens is 295 g/mol. The van der Waals surface area contributed by atoms with Gasteiger partial charge in [0.05, 0.1) is 12.1 Å². The van der Waals surface area contributed by atoms with E-state index in [4.69, 9.17) is 10.8 Å². The van der Waals surface area contributed by atoms with Crippen LogP contribution in [-0.4, -0.2) is 35.2 Å². The number of carbonyl (C=O) groups is 1. The van der Waals surface area contributed by atoms with Gasteiger partial charge in [-0.2, -0.15) is 0 Å². The summed E-state index contributed by atoms with van der Waals surface area (Å²) >= 11 is 0. The van der Waals surface area contributed by atoms with Crippen LogP contribution in [0.25, 0.3) is 0 Å². The lowest BCUT2D eigenvalue weighted by molar-refractivity contribution is -0.138. The number of aliphatic carboxylic acids is 1. The van der Waals surface area contributed by atoms with Gasteiger partial charge in [0, 0.05) is 0 Å². The van der Waals surface area contributed by atoms with Crippen molar-refractivity contribution in [3.8, 4) is 0 Å². The van der Waals surface area contributed by atoms with E-state index in [9.17, 15) is 9.18 Å². The first-order chi connectivity index (χ1) is 11.1. The average molecular weight is 322 g/mol. The first kappa shape index (κ1) is 17.9. The minimum absolute atomic E-state index is 0.0185. The summed E-state index contributed by atoms with van der Waals surface area (Å²) in [5.41, 5.74) is 6.92. The van der Waals surface area contributed by atoms with Crippen molar-refractivity contribution in [1.82, 2.24) is 4.90 Å². The van der Waals surface area contributed by atoms with Gasteiger partial charge in [0.25, 0.3) is 0 Å². The first-order valence-electron chi connectivity index (χ1n) is 8.54. The van der Waals surface area contributed by atoms with Crippen LogP contribution in [0.2, 0.25) is 0 Å². The zero-order chi connectivity index (χ0) is 16.7. The third kappa shape index (κ3) is 6.28. The van der Waals surface area contributed by atoms with Crippen LogP contribution in [0.1, 0.15) is 44.1 Å². The van der Waals surface area contributed by atoms with Gasteiger partial charge < -0.3 is 10.8 Å². The Morgan fingerprint density at radius 2 is 1.96 bits per heavy atom. The van der Waals surface area contributed by atoms with E-state index in [0.29, 0.717) is 0 Å². The van der Waals surface area contributed by atoms with Crippen molar-refractivity contribution >= 4 is 5.97 Å². The largest absolute Gasteiger partial charge is 0.481 e. The fourth-order valence-electron chi connectivity index (χ4n) is 2.79. The van der Waals surface area contributed by atoms with Crippen molar-refractivity contribution in [1.29, 1.82) is 0 Å². The van der Waals surface area contributed by atoms with Crippen LogP contribution in [0.15, 0.2) is 24.3 Å². The van der Waals surface area contributed by atoms with Crippen LogP contribution in [0, 0.1) is 11.7 Å². The van der Waals surface area contributed by atoms with Gasteiger partial charge in [0.1, 0.15) is 5.82 Å². The van der Waals surface area contributed by atoms with E-state index in [2.05, 4.69) is 4.90 Å². The number of nitrogens with zero attached hydrogens (tertiary/aromatic N) is 1. The first-order valence-corrected chi connectivity index (χ1v) is 8.54. The maximum Gasteiger partial charge on any atom is 0.306 e. The predicted octanol–water partition coefficient (Wildman–Crippen LogP) is 3.01. The summed E-state index contributed by atoms with van der Waals surface area (Å²) in [6.45, 7) is 2.25. The SMILES string of the molecule is NC(CCCc1ccccc1F)N1CCCC1.O=C(O)C1CC1. The number of hydrogen-bond donors (Lipinski definition) is 2. The number of rotatable bonds is 6. The van der Waals surface area contributed by atoms with Crippen LogP contribution < -0.4 is 5.73 Å². The molecule has 2 fully saturated rings. The zero-order valence-corrected chi connectivity index (χ0v) is 13.6. The molecule has 0 amide bonds. The Bertz CT molecular complexity index is 500. The summed E-state index contributed by atoms with van der Waals surface area (Å²) in [7, 11) is 0. The Labute approximate surface area is 137 Å². The Morgan fingerprint density at radius 1 is 1.30 bits per heavy atom. The second kappa shape index (κ2) is 8.99. The predicted molar refractivity (Wildman–Crippen MR) is 88.5 cm³/mol. The summed E-state index contributed by atoms with van der Waals surface area (Å²) in [6, 6.07) is 7.00. The molecule has 3 rings (SSSR count). The van der Waals surface area contributed by atoms with Gasteiger partial charge in [0.2, 0.25) is 0 Å². The Morgan fingerprint density at radius 3 is 2.48 bits per heavy atom. The van der Waals surface area contributed by atoms with Crippen LogP contribution >= 0.6 is 0 Å². The smallest absolute Gasteiger partial charge is 0.306 e. The van der Waals surface area contributed by atoms with Crippen LogP contribution in [-0.2, 0) is 11.2 Å². The van der Waals surface area contributed by atoms with E-state index in [1.54, 1.807) is 6.07 Å². The lowest BCUT2D eigenvalue weighted by atomic mass is 10.1. The number of carboxylic acids is 1. The minimum atomic E-state index is -0.630. The zero-order valence-electron chi connectivity index (χ0n) is 13.6. The molecule has 1 unspecified atom stereocenters. The number of nitrogens with two attached hydrogens (primary N) is 1. The molecule has 5 heteroatoms. The highest BCUT2D eigenvalue weighted by Gasteiger charge is 2.28. The third-order valence-electron chi connectivity index (χ3n) is 4.44. The van der Waals surface area contributed by atoms with Crippen LogP contribution in [0.5, 0.6) is 0 Å². The van der Waals surface area contributed by atoms with Gasteiger partial charge in [0.15, 0.2) is 0 Å². The quantitative estimate of drug-likeness (QED) is 0.845. The van der Waals surface area contributed by atoms with Crippen molar-refractivity contribution in [3.05, 3.63) is 35.6 Å². The Balaban J connectivity index is 0.000000268. The number of halogens is 1. The van der Waals surface area contributed by atoms with Crippen molar-refractivity contribution in [2.24, 2.45) is 11.7 Å². The molecule has 2 aliphatic rings. The van der Waals surface area contributed by atoms with E-state index < -0.39 is 5.97 Å². The van der Waals surface area contributed by atoms with Crippen LogP contribution in [0.3, 0.4) is 0 Å². The number of benzene rings is 1. The van der Waals surface area contributed by atoms with Crippen molar-refractivity contribution < 1.29 is 14.3 Å². The lowest BCUT2D eigenvalue weighted by Crippen LogP contribution is -2.39. The van der Waals surface area contributed by atoms with E-state index in [1.807, 2.05) is 12.1 Å². The maximum atomic E-state index is 13.4. The molecule has 1 aliphatic heterocycles. The highest BCUT2D eigenvalue weighted by molar-refractivity contribution is 5.72. The summed E-state index contributed by atoms with van der Waals surface area (Å²) in [5, 5.41) is 8.05. The summed E-state index contributed by atoms with van der Waals surface area (Å²) < 4.78 is 13.4. The molecule has 4 nitrogen and oxygen atoms in total. The highest BCUT2D eigenvalue weighted by atomic mass is 19.1. The molecule has 128 valence electrons. The summed E-state index contributed by atoms with van der Waals surface area (Å²) in [5.74, 6) is -0.706. The normalized spacial score (nSPS) is 19.0. The number of hydrogen-bond acceptors (Lipinski definition) is 3. The highest BCUT2D eigenvalue weighted by Crippen LogP contribution is 2.28. The van der Waals surface area contributed by atoms with Crippen molar-refractivity contribution in [2.75, 3.05) is 13.1 Å². The molecule has 1 aliphatic carbocycles. The molecule has 1 heterocycles. The van der Waals surface area contributed by atoms with Gasteiger partial charge >= 0.3 is 5.97 Å². The number of aryl methyl sites for hydroxylation is 1. The molecular formula is C18H27FN2O2. The summed E-state index contributed by atoms with van der Waals surface area (Å²) in [4.78, 5) is 12.1. The molecule has 1 aromatic rings. The van der Waals surface area contributed by atoms with Crippen molar-refractivity contribution in [3.63, 3.8) is 0 Å². The molecule has 1 aromatic carbocycles. The standard InChI is InChI=1S/C14H21FN2.C4H6O2/c15-13-8-2-1-6-12(13)7-5-9-14(16)17-10-3-4-11-17;5-4(6)3-1-2-3/h1-2,6,8,14H,3-5,7,9-11,16H2;3H,1-2H2,(H,5,6). The third-order valence-corrected chi connectivity index (χ3v) is 4.44. The molecule has 0 radical (unpaired) electrons. The molecule has 1 saturated carbocycles. The monoisotopic (exact) mass is 322 g/mol. The molecule has 0 spiro atoms. The van der Waals surface area contributed by atoms with Crippen molar-refractivity contribution in [2.45, 2.75) is 51.1 Å². The molecule has 0 aromatic heterocycles. The number of likely N-dealkylation sites (tertiary alicyclic amines) is 1. The summed E-state index contributed by atoms with van der Waals surface area (Å²) in [6.07, 6.45) is 7.18. The molecule has 23 heavy (non-hydrogen) atoms. The van der Waals surface area contributed by atoms with E-state index in [-0.39, 0.29) is 17.9 Å². The molecule has 1 atom stereocenters. The molecule has 3 N–H and O–H groups in total. The Hall–Kier alpha value is -1.46. The molecule has 0 bridgehead atoms. The van der Waals surface area contributed by atoms with Gasteiger partial charge in [-0.3, -0.25) is 9.69 Å². The van der Waals surface area contributed by atoms with Gasteiger partial charge in [-0.1, -0.05) is 18.2 Å². The van der Waals surface area contributed by atoms with E-state index in [0.717, 1.165) is 50.8 Å². The van der Waals surface area contributed by atoms with Gasteiger partial charge in [-0.15, -0.1) is 0 Å². The van der Waals surface area contributed by atoms with E-state index in [1.165, 1.54) is 18.9 Å². The number of carboxylic acid groups (broad SMARTS) is 1. The fourth-order valence-corrected chi connectivity index (χ4v) is 2.79. The van der Waals surface area contributed by atoms with Gasteiger partial charge in [-0.05, 0) is 69.7 Å². The van der Waals surface area contributed by atoms with E-state index >= 15 is 0 Å². The van der Waals surface area contributed by atoms with Gasteiger partial charge in [-0.25, -0.2) is 4.39 Å². The maximum absolute atomic E-state index is 13.4. The Kier molecular flexibility index (Phi) is 6.99. The topological polar surface area (TPSA) is 66.6 Å². The fraction of sp³-hybridized carbons (Fsp3) is 0.611.